The van der Waals surface area contributed by atoms with Crippen molar-refractivity contribution in [3.05, 3.63) is 59.5 Å². The van der Waals surface area contributed by atoms with Crippen LogP contribution in [0, 0.1) is 0 Å². The highest BCUT2D eigenvalue weighted by atomic mass is 16.3. The van der Waals surface area contributed by atoms with Crippen LogP contribution in [-0.4, -0.2) is 30.4 Å². The summed E-state index contributed by atoms with van der Waals surface area (Å²) in [6.45, 7) is 3.05. The van der Waals surface area contributed by atoms with Crippen LogP contribution in [0.25, 0.3) is 0 Å². The van der Waals surface area contributed by atoms with Crippen molar-refractivity contribution in [2.45, 2.75) is 25.4 Å². The SMILES string of the molecule is NCc1cc(C(=O)NCC(c2ccccc2)N2CCCC2)co1. The number of nitrogens with two attached hydrogens (primary N) is 1. The van der Waals surface area contributed by atoms with Gasteiger partial charge in [-0.1, -0.05) is 30.3 Å². The first-order chi connectivity index (χ1) is 11.3. The number of benzene rings is 1. The quantitative estimate of drug-likeness (QED) is 0.858. The Morgan fingerprint density at radius 1 is 1.26 bits per heavy atom. The molecule has 1 amide bonds. The van der Waals surface area contributed by atoms with Gasteiger partial charge in [-0.25, -0.2) is 0 Å². The Morgan fingerprint density at radius 3 is 2.65 bits per heavy atom. The van der Waals surface area contributed by atoms with Crippen LogP contribution >= 0.6 is 0 Å². The topological polar surface area (TPSA) is 71.5 Å². The molecule has 1 atom stereocenters. The predicted molar refractivity (Wildman–Crippen MR) is 88.9 cm³/mol. The molecule has 1 fully saturated rings. The molecule has 2 heterocycles. The van der Waals surface area contributed by atoms with Crippen LogP contribution in [0.4, 0.5) is 0 Å². The highest BCUT2D eigenvalue weighted by molar-refractivity contribution is 5.94. The number of likely N-dealkylation sites (tertiary alicyclic amines) is 1. The van der Waals surface area contributed by atoms with E-state index in [9.17, 15) is 4.79 Å². The molecular formula is C18H23N3O2. The van der Waals surface area contributed by atoms with Crippen molar-refractivity contribution < 1.29 is 9.21 Å². The van der Waals surface area contributed by atoms with E-state index >= 15 is 0 Å². The molecule has 122 valence electrons. The molecule has 0 saturated carbocycles. The summed E-state index contributed by atoms with van der Waals surface area (Å²) in [5, 5.41) is 3.03. The van der Waals surface area contributed by atoms with Crippen LogP contribution in [0.2, 0.25) is 0 Å². The Kier molecular flexibility index (Phi) is 5.10. The molecule has 1 aromatic heterocycles. The Hall–Kier alpha value is -2.11. The normalized spacial score (nSPS) is 16.4. The van der Waals surface area contributed by atoms with E-state index in [4.69, 9.17) is 10.2 Å². The van der Waals surface area contributed by atoms with E-state index < -0.39 is 0 Å². The molecule has 3 rings (SSSR count). The van der Waals surface area contributed by atoms with E-state index in [0.717, 1.165) is 13.1 Å². The summed E-state index contributed by atoms with van der Waals surface area (Å²) in [6, 6.07) is 12.3. The van der Waals surface area contributed by atoms with Crippen LogP contribution in [0.3, 0.4) is 0 Å². The maximum atomic E-state index is 12.3. The summed E-state index contributed by atoms with van der Waals surface area (Å²) < 4.78 is 5.23. The van der Waals surface area contributed by atoms with Gasteiger partial charge in [0.2, 0.25) is 0 Å². The molecule has 1 aromatic carbocycles. The molecule has 3 N–H and O–H groups in total. The van der Waals surface area contributed by atoms with E-state index in [-0.39, 0.29) is 11.9 Å². The van der Waals surface area contributed by atoms with Gasteiger partial charge < -0.3 is 15.5 Å². The third-order valence-corrected chi connectivity index (χ3v) is 4.34. The van der Waals surface area contributed by atoms with Gasteiger partial charge in [-0.15, -0.1) is 0 Å². The zero-order chi connectivity index (χ0) is 16.1. The lowest BCUT2D eigenvalue weighted by atomic mass is 10.1. The molecule has 23 heavy (non-hydrogen) atoms. The van der Waals surface area contributed by atoms with Crippen molar-refractivity contribution >= 4 is 5.91 Å². The molecule has 5 heteroatoms. The van der Waals surface area contributed by atoms with Gasteiger partial charge in [0.1, 0.15) is 12.0 Å². The fourth-order valence-corrected chi connectivity index (χ4v) is 3.08. The lowest BCUT2D eigenvalue weighted by molar-refractivity contribution is 0.0937. The number of rotatable bonds is 6. The van der Waals surface area contributed by atoms with E-state index in [0.29, 0.717) is 24.4 Å². The lowest BCUT2D eigenvalue weighted by Gasteiger charge is -2.28. The smallest absolute Gasteiger partial charge is 0.254 e. The second-order valence-corrected chi connectivity index (χ2v) is 5.89. The fourth-order valence-electron chi connectivity index (χ4n) is 3.08. The molecular weight excluding hydrogens is 290 g/mol. The summed E-state index contributed by atoms with van der Waals surface area (Å²) in [7, 11) is 0. The Bertz CT molecular complexity index is 633. The summed E-state index contributed by atoms with van der Waals surface area (Å²) >= 11 is 0. The maximum Gasteiger partial charge on any atom is 0.254 e. The molecule has 1 unspecified atom stereocenters. The van der Waals surface area contributed by atoms with Crippen molar-refractivity contribution in [3.8, 4) is 0 Å². The summed E-state index contributed by atoms with van der Waals surface area (Å²) in [6.07, 6.45) is 3.91. The first kappa shape index (κ1) is 15.8. The van der Waals surface area contributed by atoms with E-state index in [1.807, 2.05) is 18.2 Å². The fraction of sp³-hybridized carbons (Fsp3) is 0.389. The molecule has 1 aliphatic rings. The number of carbonyl (C=O) groups excluding carboxylic acids is 1. The van der Waals surface area contributed by atoms with Crippen LogP contribution in [0.1, 0.15) is 40.6 Å². The third-order valence-electron chi connectivity index (χ3n) is 4.34. The van der Waals surface area contributed by atoms with E-state index in [1.54, 1.807) is 6.07 Å². The van der Waals surface area contributed by atoms with Crippen LogP contribution in [0.5, 0.6) is 0 Å². The number of carbonyl (C=O) groups is 1. The monoisotopic (exact) mass is 313 g/mol. The lowest BCUT2D eigenvalue weighted by Crippen LogP contribution is -2.36. The molecule has 2 aromatic rings. The van der Waals surface area contributed by atoms with Crippen molar-refractivity contribution in [2.75, 3.05) is 19.6 Å². The molecule has 0 aliphatic carbocycles. The van der Waals surface area contributed by atoms with Gasteiger partial charge in [0.05, 0.1) is 18.2 Å². The second kappa shape index (κ2) is 7.44. The zero-order valence-corrected chi connectivity index (χ0v) is 13.2. The van der Waals surface area contributed by atoms with Gasteiger partial charge in [-0.3, -0.25) is 9.69 Å². The average Bonchev–Trinajstić information content (AvgIpc) is 3.27. The van der Waals surface area contributed by atoms with Gasteiger partial charge >= 0.3 is 0 Å². The zero-order valence-electron chi connectivity index (χ0n) is 13.2. The standard InChI is InChI=1S/C18H23N3O2/c19-11-16-10-15(13-23-16)18(22)20-12-17(21-8-4-5-9-21)14-6-2-1-3-7-14/h1-3,6-7,10,13,17H,4-5,8-9,11-12,19H2,(H,20,22). The molecule has 0 spiro atoms. The molecule has 0 bridgehead atoms. The molecule has 0 radical (unpaired) electrons. The van der Waals surface area contributed by atoms with Crippen molar-refractivity contribution in [1.29, 1.82) is 0 Å². The highest BCUT2D eigenvalue weighted by Crippen LogP contribution is 2.24. The summed E-state index contributed by atoms with van der Waals surface area (Å²) in [5.74, 6) is 0.503. The number of furan rings is 1. The van der Waals surface area contributed by atoms with E-state index in [1.165, 1.54) is 24.7 Å². The maximum absolute atomic E-state index is 12.3. The highest BCUT2D eigenvalue weighted by Gasteiger charge is 2.24. The Balaban J connectivity index is 1.67. The van der Waals surface area contributed by atoms with E-state index in [2.05, 4.69) is 22.3 Å². The van der Waals surface area contributed by atoms with Gasteiger partial charge in [-0.05, 0) is 37.6 Å². The number of nitrogens with one attached hydrogen (secondary N) is 1. The number of hydrogen-bond acceptors (Lipinski definition) is 4. The first-order valence-corrected chi connectivity index (χ1v) is 8.12. The number of hydrogen-bond donors (Lipinski definition) is 2. The average molecular weight is 313 g/mol. The summed E-state index contributed by atoms with van der Waals surface area (Å²) in [4.78, 5) is 14.7. The number of nitrogens with zero attached hydrogens (tertiary/aromatic N) is 1. The third kappa shape index (κ3) is 3.81. The minimum atomic E-state index is -0.117. The van der Waals surface area contributed by atoms with Crippen LogP contribution in [0.15, 0.2) is 47.1 Å². The van der Waals surface area contributed by atoms with Crippen LogP contribution < -0.4 is 11.1 Å². The van der Waals surface area contributed by atoms with Crippen molar-refractivity contribution in [2.24, 2.45) is 5.73 Å². The van der Waals surface area contributed by atoms with Gasteiger partial charge in [0, 0.05) is 6.54 Å². The van der Waals surface area contributed by atoms with Crippen LogP contribution in [-0.2, 0) is 6.54 Å². The van der Waals surface area contributed by atoms with Gasteiger partial charge in [0.15, 0.2) is 0 Å². The first-order valence-electron chi connectivity index (χ1n) is 8.12. The molecule has 5 nitrogen and oxygen atoms in total. The van der Waals surface area contributed by atoms with Crippen molar-refractivity contribution in [1.82, 2.24) is 10.2 Å². The van der Waals surface area contributed by atoms with Crippen molar-refractivity contribution in [3.63, 3.8) is 0 Å². The second-order valence-electron chi connectivity index (χ2n) is 5.89. The summed E-state index contributed by atoms with van der Waals surface area (Å²) in [5.41, 5.74) is 7.28. The number of amides is 1. The Morgan fingerprint density at radius 2 is 2.00 bits per heavy atom. The Labute approximate surface area is 136 Å². The molecule has 1 saturated heterocycles. The minimum Gasteiger partial charge on any atom is -0.467 e. The predicted octanol–water partition coefficient (Wildman–Crippen LogP) is 2.31. The van der Waals surface area contributed by atoms with Gasteiger partial charge in [-0.2, -0.15) is 0 Å². The largest absolute Gasteiger partial charge is 0.467 e. The molecule has 1 aliphatic heterocycles. The minimum absolute atomic E-state index is 0.117. The van der Waals surface area contributed by atoms with Gasteiger partial charge in [0.25, 0.3) is 5.91 Å².